The zero-order valence-electron chi connectivity index (χ0n) is 10.1. The van der Waals surface area contributed by atoms with Crippen LogP contribution in [0.4, 0.5) is 18.9 Å². The third kappa shape index (κ3) is 3.54. The highest BCUT2D eigenvalue weighted by atomic mass is 35.5. The molecule has 0 spiro atoms. The molecule has 0 aromatic heterocycles. The molecule has 0 aliphatic rings. The van der Waals surface area contributed by atoms with Crippen molar-refractivity contribution in [2.75, 3.05) is 23.9 Å². The maximum Gasteiger partial charge on any atom is 0.501 e. The summed E-state index contributed by atoms with van der Waals surface area (Å²) in [4.78, 5) is 1.07. The zero-order valence-corrected chi connectivity index (χ0v) is 11.7. The van der Waals surface area contributed by atoms with E-state index in [2.05, 4.69) is 0 Å². The Bertz CT molecular complexity index is 514. The third-order valence-corrected chi connectivity index (χ3v) is 4.22. The van der Waals surface area contributed by atoms with E-state index >= 15 is 0 Å². The van der Waals surface area contributed by atoms with Gasteiger partial charge in [0.2, 0.25) is 0 Å². The molecule has 8 heteroatoms. The molecule has 0 N–H and O–H groups in total. The third-order valence-electron chi connectivity index (χ3n) is 2.55. The minimum Gasteiger partial charge on any atom is -0.371 e. The number of anilines is 1. The number of hydrogen-bond donors (Lipinski definition) is 0. The lowest BCUT2D eigenvalue weighted by atomic mass is 10.3. The Kier molecular flexibility index (Phi) is 5.09. The van der Waals surface area contributed by atoms with Crippen molar-refractivity contribution < 1.29 is 21.6 Å². The first-order chi connectivity index (χ1) is 8.74. The fraction of sp³-hybridized carbons (Fsp3) is 0.455. The minimum absolute atomic E-state index is 0.371. The molecule has 0 saturated heterocycles. The molecule has 3 nitrogen and oxygen atoms in total. The molecule has 0 fully saturated rings. The molecule has 0 aliphatic carbocycles. The molecule has 0 amide bonds. The molecule has 0 aliphatic heterocycles. The maximum atomic E-state index is 12.3. The molecule has 19 heavy (non-hydrogen) atoms. The van der Waals surface area contributed by atoms with Crippen LogP contribution in [0.5, 0.6) is 0 Å². The van der Waals surface area contributed by atoms with Crippen LogP contribution in [0.25, 0.3) is 0 Å². The highest BCUT2D eigenvalue weighted by Crippen LogP contribution is 2.31. The van der Waals surface area contributed by atoms with Crippen LogP contribution in [0.2, 0.25) is 0 Å². The lowest BCUT2D eigenvalue weighted by Gasteiger charge is -2.22. The van der Waals surface area contributed by atoms with Crippen LogP contribution in [0.3, 0.4) is 0 Å². The number of alkyl halides is 4. The monoisotopic (exact) mass is 315 g/mol. The van der Waals surface area contributed by atoms with Crippen molar-refractivity contribution in [1.29, 1.82) is 0 Å². The van der Waals surface area contributed by atoms with Crippen LogP contribution in [-0.2, 0) is 9.84 Å². The number of halogens is 4. The van der Waals surface area contributed by atoms with Crippen LogP contribution in [0, 0.1) is 0 Å². The van der Waals surface area contributed by atoms with E-state index in [-0.39, 0.29) is 0 Å². The van der Waals surface area contributed by atoms with Crippen molar-refractivity contribution in [3.05, 3.63) is 24.3 Å². The Morgan fingerprint density at radius 1 is 1.21 bits per heavy atom. The second-order valence-corrected chi connectivity index (χ2v) is 6.03. The number of benzene rings is 1. The van der Waals surface area contributed by atoms with Gasteiger partial charge in [0.05, 0.1) is 4.90 Å². The van der Waals surface area contributed by atoms with E-state index in [0.29, 0.717) is 24.7 Å². The van der Waals surface area contributed by atoms with Gasteiger partial charge in [0.1, 0.15) is 0 Å². The fourth-order valence-electron chi connectivity index (χ4n) is 1.54. The predicted octanol–water partition coefficient (Wildman–Crippen LogP) is 3.05. The Morgan fingerprint density at radius 2 is 1.74 bits per heavy atom. The Labute approximate surface area is 114 Å². The van der Waals surface area contributed by atoms with Crippen LogP contribution in [0.15, 0.2) is 29.2 Å². The van der Waals surface area contributed by atoms with Crippen molar-refractivity contribution in [3.8, 4) is 0 Å². The largest absolute Gasteiger partial charge is 0.501 e. The predicted molar refractivity (Wildman–Crippen MR) is 68.3 cm³/mol. The lowest BCUT2D eigenvalue weighted by Crippen LogP contribution is -2.25. The van der Waals surface area contributed by atoms with Crippen molar-refractivity contribution in [2.24, 2.45) is 0 Å². The minimum atomic E-state index is -5.28. The van der Waals surface area contributed by atoms with E-state index in [0.717, 1.165) is 12.1 Å². The molecule has 0 heterocycles. The van der Waals surface area contributed by atoms with Gasteiger partial charge in [-0.3, -0.25) is 0 Å². The van der Waals surface area contributed by atoms with Gasteiger partial charge in [-0.25, -0.2) is 8.42 Å². The van der Waals surface area contributed by atoms with Gasteiger partial charge in [-0.05, 0) is 31.2 Å². The molecular formula is C11H13ClF3NO2S. The van der Waals surface area contributed by atoms with Gasteiger partial charge in [-0.1, -0.05) is 0 Å². The van der Waals surface area contributed by atoms with E-state index in [1.54, 1.807) is 0 Å². The summed E-state index contributed by atoms with van der Waals surface area (Å²) in [5.74, 6) is 0.371. The number of hydrogen-bond acceptors (Lipinski definition) is 3. The van der Waals surface area contributed by atoms with Crippen LogP contribution in [0.1, 0.15) is 6.92 Å². The van der Waals surface area contributed by atoms with Crippen molar-refractivity contribution in [3.63, 3.8) is 0 Å². The van der Waals surface area contributed by atoms with Crippen molar-refractivity contribution in [1.82, 2.24) is 0 Å². The topological polar surface area (TPSA) is 37.4 Å². The first-order valence-corrected chi connectivity index (χ1v) is 7.48. The number of rotatable bonds is 5. The molecule has 0 atom stereocenters. The molecular weight excluding hydrogens is 303 g/mol. The van der Waals surface area contributed by atoms with Gasteiger partial charge in [-0.2, -0.15) is 13.2 Å². The van der Waals surface area contributed by atoms with Gasteiger partial charge >= 0.3 is 5.51 Å². The van der Waals surface area contributed by atoms with Crippen molar-refractivity contribution >= 4 is 27.1 Å². The number of sulfone groups is 1. The van der Waals surface area contributed by atoms with Crippen LogP contribution >= 0.6 is 11.6 Å². The summed E-state index contributed by atoms with van der Waals surface area (Å²) in [6.45, 7) is 3.02. The van der Waals surface area contributed by atoms with Gasteiger partial charge in [0.25, 0.3) is 9.84 Å². The maximum absolute atomic E-state index is 12.3. The molecule has 1 aromatic rings. The Morgan fingerprint density at radius 3 is 2.11 bits per heavy atom. The first-order valence-electron chi connectivity index (χ1n) is 5.46. The summed E-state index contributed by atoms with van der Waals surface area (Å²) < 4.78 is 59.4. The first kappa shape index (κ1) is 16.1. The summed E-state index contributed by atoms with van der Waals surface area (Å²) in [5, 5.41) is 0. The van der Waals surface area contributed by atoms with E-state index in [9.17, 15) is 21.6 Å². The van der Waals surface area contributed by atoms with E-state index in [1.807, 2.05) is 11.8 Å². The van der Waals surface area contributed by atoms with E-state index < -0.39 is 20.2 Å². The van der Waals surface area contributed by atoms with E-state index in [1.165, 1.54) is 12.1 Å². The molecule has 0 bridgehead atoms. The average Bonchev–Trinajstić information content (AvgIpc) is 2.35. The van der Waals surface area contributed by atoms with Gasteiger partial charge < -0.3 is 4.90 Å². The smallest absolute Gasteiger partial charge is 0.371 e. The molecule has 0 radical (unpaired) electrons. The summed E-state index contributed by atoms with van der Waals surface area (Å²) in [5.41, 5.74) is -4.65. The highest BCUT2D eigenvalue weighted by Gasteiger charge is 2.46. The SMILES string of the molecule is CCN(CCCl)c1ccc(S(=O)(=O)C(F)(F)F)cc1. The second kappa shape index (κ2) is 6.00. The second-order valence-electron chi connectivity index (χ2n) is 3.71. The highest BCUT2D eigenvalue weighted by molar-refractivity contribution is 7.92. The quantitative estimate of drug-likeness (QED) is 0.784. The average molecular weight is 316 g/mol. The molecule has 1 rings (SSSR count). The Balaban J connectivity index is 3.06. The van der Waals surface area contributed by atoms with Gasteiger partial charge in [0, 0.05) is 24.7 Å². The van der Waals surface area contributed by atoms with Gasteiger partial charge in [-0.15, -0.1) is 11.6 Å². The summed E-state index contributed by atoms with van der Waals surface area (Å²) in [6, 6.07) is 4.59. The zero-order chi connectivity index (χ0) is 14.7. The molecule has 0 saturated carbocycles. The summed E-state index contributed by atoms with van der Waals surface area (Å²) in [6.07, 6.45) is 0. The fourth-order valence-corrected chi connectivity index (χ4v) is 2.51. The number of nitrogens with zero attached hydrogens (tertiary/aromatic N) is 1. The van der Waals surface area contributed by atoms with Crippen LogP contribution in [-0.4, -0.2) is 32.9 Å². The molecule has 1 aromatic carbocycles. The lowest BCUT2D eigenvalue weighted by molar-refractivity contribution is -0.0436. The standard InChI is InChI=1S/C11H13ClF3NO2S/c1-2-16(8-7-12)9-3-5-10(6-4-9)19(17,18)11(13,14)15/h3-6H,2,7-8H2,1H3. The Hall–Kier alpha value is -0.950. The molecule has 108 valence electrons. The van der Waals surface area contributed by atoms with Crippen LogP contribution < -0.4 is 4.90 Å². The summed E-state index contributed by atoms with van der Waals surface area (Å²) >= 11 is 5.60. The summed E-state index contributed by atoms with van der Waals surface area (Å²) in [7, 11) is -5.28. The normalized spacial score (nSPS) is 12.5. The van der Waals surface area contributed by atoms with Gasteiger partial charge in [0.15, 0.2) is 0 Å². The van der Waals surface area contributed by atoms with Crippen molar-refractivity contribution in [2.45, 2.75) is 17.3 Å². The van der Waals surface area contributed by atoms with E-state index in [4.69, 9.17) is 11.6 Å². The molecule has 0 unspecified atom stereocenters.